The van der Waals surface area contributed by atoms with Gasteiger partial charge in [0.1, 0.15) is 11.6 Å². The standard InChI is InChI=1S/C29H37ClN8O5/c1-29(2,3)43-28(41)35-20(26(40)42-4)15-17-13-12-16(18-10-5-6-11-19(17)18)9-7-8-14-34-27(33)38-25(39)21-23(31)37-24(32)22(30)36-21/h5-6,10-13,20H,7-9,14-15H2,1-4H3,(H,35,41)(H4,31,32,37)(H3,33,34,38,39)/t20-/m0/s1. The Kier molecular flexibility index (Phi) is 11.1. The molecule has 0 bridgehead atoms. The average molecular weight is 613 g/mol. The molecule has 0 aliphatic carbocycles. The molecule has 2 aromatic carbocycles. The lowest BCUT2D eigenvalue weighted by Crippen LogP contribution is -2.45. The molecule has 0 radical (unpaired) electrons. The fourth-order valence-corrected chi connectivity index (χ4v) is 4.43. The van der Waals surface area contributed by atoms with Crippen molar-refractivity contribution in [2.24, 2.45) is 0 Å². The lowest BCUT2D eigenvalue weighted by Gasteiger charge is -2.23. The van der Waals surface area contributed by atoms with Gasteiger partial charge < -0.3 is 31.6 Å². The van der Waals surface area contributed by atoms with Crippen LogP contribution in [0, 0.1) is 5.41 Å². The number of anilines is 2. The van der Waals surface area contributed by atoms with Gasteiger partial charge in [-0.25, -0.2) is 19.6 Å². The molecule has 0 saturated heterocycles. The van der Waals surface area contributed by atoms with Gasteiger partial charge in [0.25, 0.3) is 5.91 Å². The number of carbonyl (C=O) groups is 3. The number of ether oxygens (including phenoxy) is 2. The molecule has 0 aliphatic rings. The predicted octanol–water partition coefficient (Wildman–Crippen LogP) is 3.33. The molecule has 14 heteroatoms. The smallest absolute Gasteiger partial charge is 0.408 e. The van der Waals surface area contributed by atoms with E-state index in [2.05, 4.69) is 25.9 Å². The van der Waals surface area contributed by atoms with Crippen LogP contribution < -0.4 is 27.4 Å². The van der Waals surface area contributed by atoms with E-state index in [1.165, 1.54) is 7.11 Å². The van der Waals surface area contributed by atoms with Gasteiger partial charge in [-0.3, -0.25) is 15.5 Å². The maximum atomic E-state index is 12.5. The summed E-state index contributed by atoms with van der Waals surface area (Å²) in [7, 11) is 1.28. The van der Waals surface area contributed by atoms with E-state index >= 15 is 0 Å². The number of carbonyl (C=O) groups excluding carboxylic acids is 3. The van der Waals surface area contributed by atoms with Gasteiger partial charge in [0.05, 0.1) is 7.11 Å². The highest BCUT2D eigenvalue weighted by molar-refractivity contribution is 6.31. The number of unbranched alkanes of at least 4 members (excludes halogenated alkanes) is 1. The van der Waals surface area contributed by atoms with E-state index in [-0.39, 0.29) is 34.9 Å². The molecule has 0 aliphatic heterocycles. The van der Waals surface area contributed by atoms with Crippen molar-refractivity contribution in [1.82, 2.24) is 25.9 Å². The molecule has 2 amide bonds. The fourth-order valence-electron chi connectivity index (χ4n) is 4.30. The summed E-state index contributed by atoms with van der Waals surface area (Å²) in [6, 6.07) is 10.9. The van der Waals surface area contributed by atoms with Crippen LogP contribution in [0.15, 0.2) is 36.4 Å². The maximum Gasteiger partial charge on any atom is 0.408 e. The fraction of sp³-hybridized carbons (Fsp3) is 0.379. The second kappa shape index (κ2) is 14.5. The SMILES string of the molecule is COC(=O)[C@H](Cc1ccc(CCCCNC(=N)NC(=O)c2nc(Cl)c(N)nc2N)c2ccccc12)NC(=O)OC(C)(C)C. The van der Waals surface area contributed by atoms with Gasteiger partial charge in [-0.1, -0.05) is 48.0 Å². The highest BCUT2D eigenvalue weighted by atomic mass is 35.5. The summed E-state index contributed by atoms with van der Waals surface area (Å²) in [6.45, 7) is 5.68. The first-order valence-electron chi connectivity index (χ1n) is 13.6. The van der Waals surface area contributed by atoms with Crippen LogP contribution >= 0.6 is 11.6 Å². The number of guanidine groups is 1. The lowest BCUT2D eigenvalue weighted by molar-refractivity contribution is -0.143. The molecule has 8 N–H and O–H groups in total. The Bertz CT molecular complexity index is 1510. The number of nitrogens with two attached hydrogens (primary N) is 2. The third-order valence-corrected chi connectivity index (χ3v) is 6.52. The number of hydrogen-bond donors (Lipinski definition) is 6. The first kappa shape index (κ1) is 32.9. The van der Waals surface area contributed by atoms with Crippen molar-refractivity contribution in [3.63, 3.8) is 0 Å². The number of nitrogens with one attached hydrogen (secondary N) is 4. The Labute approximate surface area is 254 Å². The number of alkyl carbamates (subject to hydrolysis) is 1. The average Bonchev–Trinajstić information content (AvgIpc) is 2.93. The Balaban J connectivity index is 1.58. The van der Waals surface area contributed by atoms with Gasteiger partial charge in [-0.05, 0) is 61.9 Å². The molecule has 3 rings (SSSR count). The number of hydrogen-bond acceptors (Lipinski definition) is 10. The predicted molar refractivity (Wildman–Crippen MR) is 165 cm³/mol. The Morgan fingerprint density at radius 3 is 2.30 bits per heavy atom. The van der Waals surface area contributed by atoms with Crippen LogP contribution in [0.5, 0.6) is 0 Å². The highest BCUT2D eigenvalue weighted by Gasteiger charge is 2.26. The molecule has 43 heavy (non-hydrogen) atoms. The number of aromatic nitrogens is 2. The number of esters is 1. The lowest BCUT2D eigenvalue weighted by atomic mass is 9.93. The third-order valence-electron chi connectivity index (χ3n) is 6.24. The van der Waals surface area contributed by atoms with Crippen LogP contribution in [-0.2, 0) is 27.1 Å². The van der Waals surface area contributed by atoms with E-state index < -0.39 is 29.6 Å². The summed E-state index contributed by atoms with van der Waals surface area (Å²) in [5, 5.41) is 17.7. The molecule has 3 aromatic rings. The number of amides is 2. The van der Waals surface area contributed by atoms with Crippen molar-refractivity contribution in [2.45, 2.75) is 58.1 Å². The van der Waals surface area contributed by atoms with Crippen LogP contribution in [0.4, 0.5) is 16.4 Å². The van der Waals surface area contributed by atoms with Gasteiger partial charge in [0.15, 0.2) is 28.4 Å². The number of nitrogens with zero attached hydrogens (tertiary/aromatic N) is 2. The zero-order chi connectivity index (χ0) is 31.7. The summed E-state index contributed by atoms with van der Waals surface area (Å²) in [5.74, 6) is -1.79. The molecule has 0 unspecified atom stereocenters. The van der Waals surface area contributed by atoms with Gasteiger partial charge in [0.2, 0.25) is 0 Å². The van der Waals surface area contributed by atoms with Gasteiger partial charge >= 0.3 is 12.1 Å². The normalized spacial score (nSPS) is 11.8. The topological polar surface area (TPSA) is 207 Å². The minimum atomic E-state index is -0.920. The highest BCUT2D eigenvalue weighted by Crippen LogP contribution is 2.26. The Morgan fingerprint density at radius 2 is 1.65 bits per heavy atom. The van der Waals surface area contributed by atoms with E-state index in [1.807, 2.05) is 36.4 Å². The molecule has 1 aromatic heterocycles. The van der Waals surface area contributed by atoms with Crippen molar-refractivity contribution in [1.29, 1.82) is 5.41 Å². The number of halogens is 1. The van der Waals surface area contributed by atoms with Crippen molar-refractivity contribution >= 4 is 57.9 Å². The summed E-state index contributed by atoms with van der Waals surface area (Å²) < 4.78 is 10.2. The van der Waals surface area contributed by atoms with E-state index in [0.717, 1.165) is 34.7 Å². The van der Waals surface area contributed by atoms with Crippen molar-refractivity contribution < 1.29 is 23.9 Å². The maximum absolute atomic E-state index is 12.5. The molecule has 0 spiro atoms. The van der Waals surface area contributed by atoms with Gasteiger partial charge in [-0.15, -0.1) is 0 Å². The minimum Gasteiger partial charge on any atom is -0.467 e. The quantitative estimate of drug-likeness (QED) is 0.0851. The van der Waals surface area contributed by atoms with Crippen LogP contribution in [0.1, 0.15) is 55.2 Å². The van der Waals surface area contributed by atoms with Crippen LogP contribution in [0.2, 0.25) is 5.15 Å². The second-order valence-corrected chi connectivity index (χ2v) is 11.1. The molecule has 1 atom stereocenters. The number of aryl methyl sites for hydroxylation is 1. The van der Waals surface area contributed by atoms with E-state index in [0.29, 0.717) is 13.0 Å². The van der Waals surface area contributed by atoms with Gasteiger partial charge in [0, 0.05) is 13.0 Å². The van der Waals surface area contributed by atoms with E-state index in [1.54, 1.807) is 20.8 Å². The van der Waals surface area contributed by atoms with E-state index in [4.69, 9.17) is 38.0 Å². The monoisotopic (exact) mass is 612 g/mol. The third kappa shape index (κ3) is 9.43. The number of fused-ring (bicyclic) bond motifs is 1. The molecule has 230 valence electrons. The summed E-state index contributed by atoms with van der Waals surface area (Å²) >= 11 is 5.82. The van der Waals surface area contributed by atoms with Crippen LogP contribution in [-0.4, -0.2) is 59.2 Å². The van der Waals surface area contributed by atoms with Crippen molar-refractivity contribution in [2.75, 3.05) is 25.1 Å². The summed E-state index contributed by atoms with van der Waals surface area (Å²) in [6.07, 6.45) is 1.81. The zero-order valence-corrected chi connectivity index (χ0v) is 25.3. The first-order valence-corrected chi connectivity index (χ1v) is 14.0. The Morgan fingerprint density at radius 1 is 1.00 bits per heavy atom. The molecule has 0 saturated carbocycles. The zero-order valence-electron chi connectivity index (χ0n) is 24.5. The van der Waals surface area contributed by atoms with E-state index in [9.17, 15) is 14.4 Å². The second-order valence-electron chi connectivity index (χ2n) is 10.7. The number of benzene rings is 2. The summed E-state index contributed by atoms with van der Waals surface area (Å²) in [5.41, 5.74) is 12.3. The van der Waals surface area contributed by atoms with Crippen molar-refractivity contribution in [3.8, 4) is 0 Å². The Hall–Kier alpha value is -4.65. The molecule has 1 heterocycles. The number of nitrogen functional groups attached to an aromatic ring is 2. The molecular weight excluding hydrogens is 576 g/mol. The number of rotatable bonds is 10. The van der Waals surface area contributed by atoms with Crippen LogP contribution in [0.3, 0.4) is 0 Å². The van der Waals surface area contributed by atoms with Crippen LogP contribution in [0.25, 0.3) is 10.8 Å². The number of methoxy groups -OCH3 is 1. The molecule has 0 fully saturated rings. The molecular formula is C29H37ClN8O5. The largest absolute Gasteiger partial charge is 0.467 e. The van der Waals surface area contributed by atoms with Crippen molar-refractivity contribution in [3.05, 3.63) is 58.4 Å². The minimum absolute atomic E-state index is 0.0908. The van der Waals surface area contributed by atoms with Gasteiger partial charge in [-0.2, -0.15) is 0 Å². The molecule has 13 nitrogen and oxygen atoms in total. The summed E-state index contributed by atoms with van der Waals surface area (Å²) in [4.78, 5) is 44.8. The first-order chi connectivity index (χ1) is 20.3.